The fourth-order valence-corrected chi connectivity index (χ4v) is 47.8. The zero-order chi connectivity index (χ0) is 24.4. The average molecular weight is 557 g/mol. The monoisotopic (exact) mass is 556 g/mol. The van der Waals surface area contributed by atoms with Crippen LogP contribution in [-0.2, 0) is 0 Å². The van der Waals surface area contributed by atoms with Gasteiger partial charge in [0.2, 0.25) is 0 Å². The number of hydrogen-bond donors (Lipinski definition) is 0. The molecule has 39 unspecified atom stereocenters. The summed E-state index contributed by atoms with van der Waals surface area (Å²) in [5, 5.41) is 0. The first kappa shape index (κ1) is 14.9. The summed E-state index contributed by atoms with van der Waals surface area (Å²) in [6, 6.07) is 0. The van der Waals surface area contributed by atoms with E-state index in [1.807, 2.05) is 32.1 Å². The molecule has 44 heavy (non-hydrogen) atoms. The molecule has 204 valence electrons. The first-order valence-electron chi connectivity index (χ1n) is 21.8. The second kappa shape index (κ2) is 2.22. The highest BCUT2D eigenvalue weighted by atomic mass is 15.7. The van der Waals surface area contributed by atoms with Crippen LogP contribution in [0, 0.1) is 220 Å². The van der Waals surface area contributed by atoms with Gasteiger partial charge in [0.25, 0.3) is 0 Å². The van der Waals surface area contributed by atoms with E-state index in [0.717, 1.165) is 114 Å². The maximum Gasteiger partial charge on any atom is -0.000716 e. The molecule has 0 aromatic heterocycles. The third-order valence-electron chi connectivity index (χ3n) is 37.8. The van der Waals surface area contributed by atoms with E-state index in [9.17, 15) is 0 Å². The standard InChI is InChI=1S/C44H28/c1-6-12-4-24-5-13-18-22-19-16-10-2-7-14-8-3-11-17-21-23-20-15-9(1)25(6)28(12,24)40-29(13,24)34(18)38(22)35(19)32(16)26(7,10)30(14)27(8,11)33(17)37(21)39(23)36(20,31(15,25)40)42(34,40)44(38,39)43(35,37)41(30,32)33/h6-23H,1-5H2. The molecule has 31 aliphatic rings. The Morgan fingerprint density at radius 1 is 0.250 bits per heavy atom. The molecule has 0 amide bonds. The first-order valence-corrected chi connectivity index (χ1v) is 21.8. The first-order chi connectivity index (χ1) is 21.8. The molecule has 0 saturated heterocycles. The van der Waals surface area contributed by atoms with Crippen LogP contribution in [0.1, 0.15) is 32.1 Å². The molecule has 0 N–H and O–H groups in total. The van der Waals surface area contributed by atoms with Crippen molar-refractivity contribution in [3.63, 3.8) is 0 Å². The van der Waals surface area contributed by atoms with Crippen LogP contribution in [0.5, 0.6) is 0 Å². The van der Waals surface area contributed by atoms with Crippen molar-refractivity contribution in [1.82, 2.24) is 0 Å². The minimum atomic E-state index is 1.05. The molecule has 0 radical (unpaired) electrons. The molecule has 0 aromatic rings. The summed E-state index contributed by atoms with van der Waals surface area (Å²) in [5.41, 5.74) is 23.6. The fraction of sp³-hybridized carbons (Fsp3) is 1.00. The van der Waals surface area contributed by atoms with Crippen LogP contribution in [0.25, 0.3) is 0 Å². The van der Waals surface area contributed by atoms with Gasteiger partial charge in [0.15, 0.2) is 0 Å². The molecule has 21 spiro atoms. The van der Waals surface area contributed by atoms with Crippen molar-refractivity contribution in [1.29, 1.82) is 0 Å². The summed E-state index contributed by atoms with van der Waals surface area (Å²) >= 11 is 0. The van der Waals surface area contributed by atoms with Crippen LogP contribution < -0.4 is 0 Å². The van der Waals surface area contributed by atoms with E-state index in [1.54, 1.807) is 0 Å². The Balaban J connectivity index is 0.908. The van der Waals surface area contributed by atoms with Crippen LogP contribution in [0.2, 0.25) is 0 Å². The highest BCUT2D eigenvalue weighted by Gasteiger charge is 3.65. The lowest BCUT2D eigenvalue weighted by Gasteiger charge is -3.64. The molecule has 0 bridgehead atoms. The van der Waals surface area contributed by atoms with Gasteiger partial charge in [-0.15, -0.1) is 0 Å². The van der Waals surface area contributed by atoms with Crippen LogP contribution in [0.3, 0.4) is 0 Å². The lowest BCUT2D eigenvalue weighted by Crippen LogP contribution is -3.63. The zero-order valence-corrected chi connectivity index (χ0v) is 24.4. The molecule has 31 saturated carbocycles. The molecule has 39 atom stereocenters. The Hall–Kier alpha value is 0. The third kappa shape index (κ3) is 0.314. The van der Waals surface area contributed by atoms with Gasteiger partial charge in [-0.05, 0) is 252 Å². The van der Waals surface area contributed by atoms with Gasteiger partial charge in [0, 0.05) is 0 Å². The van der Waals surface area contributed by atoms with E-state index >= 15 is 0 Å². The van der Waals surface area contributed by atoms with E-state index < -0.39 is 0 Å². The number of hydrogen-bond acceptors (Lipinski definition) is 0. The van der Waals surface area contributed by atoms with Crippen molar-refractivity contribution in [3.8, 4) is 0 Å². The largest absolute Gasteiger partial charge is 0.0458 e. The zero-order valence-electron chi connectivity index (χ0n) is 24.4. The quantitative estimate of drug-likeness (QED) is 0.421. The second-order valence-corrected chi connectivity index (χ2v) is 28.4. The Bertz CT molecular complexity index is 2790. The SMILES string of the molecule is C1C2C3CC45CC6C7C8C9C%10C%11CC%12C%13C%14CC%15C%16C%17C%18C%19C%20C1C21C34C23C65C74C85C96C%107C%12%11C%138C%14%15C%169C%17%10C%18%11C%19(C%2012)C43C5%11C6%10C879. The number of rotatable bonds is 0. The average Bonchev–Trinajstić information content (AvgIpc) is 2.87. The lowest BCUT2D eigenvalue weighted by atomic mass is 8.38. The second-order valence-electron chi connectivity index (χ2n) is 28.4. The third-order valence-corrected chi connectivity index (χ3v) is 37.8. The normalized spacial score (nSPS) is 139. The summed E-state index contributed by atoms with van der Waals surface area (Å²) in [4.78, 5) is 0. The molecule has 0 nitrogen and oxygen atoms in total. The summed E-state index contributed by atoms with van der Waals surface area (Å²) in [6.45, 7) is 0. The summed E-state index contributed by atoms with van der Waals surface area (Å²) < 4.78 is 0. The smallest absolute Gasteiger partial charge is 0.000716 e. The highest BCUT2D eigenvalue weighted by molar-refractivity contribution is 6.10. The van der Waals surface area contributed by atoms with E-state index in [4.69, 9.17) is 0 Å². The van der Waals surface area contributed by atoms with Crippen molar-refractivity contribution in [2.45, 2.75) is 32.1 Å². The summed E-state index contributed by atoms with van der Waals surface area (Å²) in [5.74, 6) is 25.0. The van der Waals surface area contributed by atoms with Crippen LogP contribution >= 0.6 is 0 Å². The lowest BCUT2D eigenvalue weighted by molar-refractivity contribution is -1.19. The minimum absolute atomic E-state index is 1.05. The van der Waals surface area contributed by atoms with Crippen molar-refractivity contribution in [2.75, 3.05) is 0 Å². The maximum absolute atomic E-state index is 1.88. The van der Waals surface area contributed by atoms with E-state index in [-0.39, 0.29) is 0 Å². The van der Waals surface area contributed by atoms with E-state index in [0.29, 0.717) is 0 Å². The molecular formula is C44H28. The van der Waals surface area contributed by atoms with Gasteiger partial charge in [-0.2, -0.15) is 0 Å². The van der Waals surface area contributed by atoms with Crippen molar-refractivity contribution >= 4 is 0 Å². The van der Waals surface area contributed by atoms with E-state index in [2.05, 4.69) is 0 Å². The molecule has 31 rings (SSSR count). The molecule has 0 heterocycles. The molecule has 0 aromatic carbocycles. The molecule has 0 aliphatic heterocycles. The van der Waals surface area contributed by atoms with Crippen molar-refractivity contribution < 1.29 is 0 Å². The summed E-state index contributed by atoms with van der Waals surface area (Å²) in [7, 11) is 0. The Morgan fingerprint density at radius 3 is 1.30 bits per heavy atom. The van der Waals surface area contributed by atoms with Gasteiger partial charge in [-0.3, -0.25) is 0 Å². The molecule has 0 heteroatoms. The van der Waals surface area contributed by atoms with Crippen LogP contribution in [-0.4, -0.2) is 0 Å². The predicted molar refractivity (Wildman–Crippen MR) is 137 cm³/mol. The number of fused-ring (bicyclic) bond motifs is 14. The van der Waals surface area contributed by atoms with Gasteiger partial charge in [-0.1, -0.05) is 0 Å². The topological polar surface area (TPSA) is 0 Å². The van der Waals surface area contributed by atoms with Crippen molar-refractivity contribution in [2.24, 2.45) is 220 Å². The summed E-state index contributed by atoms with van der Waals surface area (Å²) in [6.07, 6.45) is 9.23. The maximum atomic E-state index is 1.88. The fourth-order valence-electron chi connectivity index (χ4n) is 47.8. The highest BCUT2D eigenvalue weighted by Crippen LogP contribution is 3.66. The predicted octanol–water partition coefficient (Wildman–Crippen LogP) is 4.16. The van der Waals surface area contributed by atoms with Gasteiger partial charge in [0.05, 0.1) is 0 Å². The Morgan fingerprint density at radius 2 is 0.659 bits per heavy atom. The molecular weight excluding hydrogens is 528 g/mol. The van der Waals surface area contributed by atoms with Crippen LogP contribution in [0.15, 0.2) is 0 Å². The van der Waals surface area contributed by atoms with Gasteiger partial charge >= 0.3 is 0 Å². The minimum Gasteiger partial charge on any atom is -0.0458 e. The van der Waals surface area contributed by atoms with E-state index in [1.165, 1.54) is 107 Å². The van der Waals surface area contributed by atoms with Crippen LogP contribution in [0.4, 0.5) is 0 Å². The molecule has 31 fully saturated rings. The van der Waals surface area contributed by atoms with Gasteiger partial charge in [-0.25, -0.2) is 0 Å². The Kier molecular flexibility index (Phi) is 0.748. The van der Waals surface area contributed by atoms with Gasteiger partial charge in [0.1, 0.15) is 0 Å². The van der Waals surface area contributed by atoms with Gasteiger partial charge < -0.3 is 0 Å². The Labute approximate surface area is 251 Å². The van der Waals surface area contributed by atoms with Crippen molar-refractivity contribution in [3.05, 3.63) is 0 Å². The molecule has 31 aliphatic carbocycles.